The van der Waals surface area contributed by atoms with Crippen LogP contribution < -0.4 is 0 Å². The molecule has 3 atom stereocenters. The number of pyridine rings is 1. The first-order chi connectivity index (χ1) is 18.1. The maximum atomic E-state index is 13.5. The highest BCUT2D eigenvalue weighted by molar-refractivity contribution is 5.83. The molecular formula is C32H27FN4. The highest BCUT2D eigenvalue weighted by Gasteiger charge is 2.70. The van der Waals surface area contributed by atoms with Crippen molar-refractivity contribution in [3.8, 4) is 5.69 Å². The zero-order valence-electron chi connectivity index (χ0n) is 20.7. The van der Waals surface area contributed by atoms with Gasteiger partial charge in [0, 0.05) is 47.9 Å². The Bertz CT molecular complexity index is 1620. The second-order valence-corrected chi connectivity index (χ2v) is 10.4. The number of hydrogen-bond acceptors (Lipinski definition) is 3. The van der Waals surface area contributed by atoms with Crippen LogP contribution in [0.3, 0.4) is 0 Å². The zero-order chi connectivity index (χ0) is 25.1. The Balaban J connectivity index is 1.31. The minimum atomic E-state index is -0.248. The summed E-state index contributed by atoms with van der Waals surface area (Å²) in [4.78, 5) is 6.90. The summed E-state index contributed by atoms with van der Waals surface area (Å²) < 4.78 is 15.4. The molecule has 4 nitrogen and oxygen atoms in total. The third-order valence-corrected chi connectivity index (χ3v) is 8.40. The van der Waals surface area contributed by atoms with E-state index in [9.17, 15) is 4.39 Å². The number of fused-ring (bicyclic) bond motifs is 2. The SMILES string of the molecule is C=C(c1ccccc1)N1C[C@@H]2[C@@H](c3cccnc3)[C@]2(c2cc3cnn(-c4ccc(F)cc4)c3cc2C)C1. The van der Waals surface area contributed by atoms with E-state index in [0.717, 1.165) is 35.4 Å². The number of benzene rings is 3. The van der Waals surface area contributed by atoms with E-state index in [2.05, 4.69) is 70.9 Å². The maximum absolute atomic E-state index is 13.5. The van der Waals surface area contributed by atoms with Gasteiger partial charge in [-0.1, -0.05) is 43.0 Å². The molecule has 0 spiro atoms. The van der Waals surface area contributed by atoms with Gasteiger partial charge < -0.3 is 4.90 Å². The van der Waals surface area contributed by atoms with Crippen LogP contribution in [0.15, 0.2) is 104 Å². The molecule has 7 rings (SSSR count). The van der Waals surface area contributed by atoms with Crippen LogP contribution in [0, 0.1) is 18.7 Å². The highest BCUT2D eigenvalue weighted by atomic mass is 19.1. The number of hydrogen-bond donors (Lipinski definition) is 0. The maximum Gasteiger partial charge on any atom is 0.123 e. The van der Waals surface area contributed by atoms with E-state index in [1.165, 1.54) is 34.4 Å². The van der Waals surface area contributed by atoms with Gasteiger partial charge in [-0.3, -0.25) is 4.98 Å². The Hall–Kier alpha value is -4.25. The van der Waals surface area contributed by atoms with Gasteiger partial charge in [0.25, 0.3) is 0 Å². The van der Waals surface area contributed by atoms with E-state index in [4.69, 9.17) is 0 Å². The average molecular weight is 487 g/mol. The van der Waals surface area contributed by atoms with Crippen molar-refractivity contribution in [2.75, 3.05) is 13.1 Å². The van der Waals surface area contributed by atoms with Gasteiger partial charge >= 0.3 is 0 Å². The summed E-state index contributed by atoms with van der Waals surface area (Å²) in [6.45, 7) is 8.57. The van der Waals surface area contributed by atoms with E-state index < -0.39 is 0 Å². The van der Waals surface area contributed by atoms with Crippen LogP contribution in [0.2, 0.25) is 0 Å². The van der Waals surface area contributed by atoms with Crippen LogP contribution in [-0.2, 0) is 5.41 Å². The number of aromatic nitrogens is 3. The van der Waals surface area contributed by atoms with Crippen molar-refractivity contribution in [3.05, 3.63) is 132 Å². The lowest BCUT2D eigenvalue weighted by atomic mass is 9.86. The van der Waals surface area contributed by atoms with Crippen molar-refractivity contribution in [3.63, 3.8) is 0 Å². The first kappa shape index (κ1) is 22.0. The molecule has 3 heterocycles. The van der Waals surface area contributed by atoms with Crippen molar-refractivity contribution < 1.29 is 4.39 Å². The number of likely N-dealkylation sites (tertiary alicyclic amines) is 1. The number of halogens is 1. The van der Waals surface area contributed by atoms with Gasteiger partial charge in [-0.15, -0.1) is 0 Å². The smallest absolute Gasteiger partial charge is 0.123 e. The van der Waals surface area contributed by atoms with Crippen molar-refractivity contribution in [1.82, 2.24) is 19.7 Å². The summed E-state index contributed by atoms with van der Waals surface area (Å²) in [5.41, 5.74) is 8.06. The summed E-state index contributed by atoms with van der Waals surface area (Å²) >= 11 is 0. The molecule has 0 unspecified atom stereocenters. The topological polar surface area (TPSA) is 34.0 Å². The number of piperidine rings is 1. The predicted molar refractivity (Wildman–Crippen MR) is 145 cm³/mol. The van der Waals surface area contributed by atoms with Crippen molar-refractivity contribution in [1.29, 1.82) is 0 Å². The van der Waals surface area contributed by atoms with Gasteiger partial charge in [-0.25, -0.2) is 9.07 Å². The van der Waals surface area contributed by atoms with Crippen molar-refractivity contribution >= 4 is 16.6 Å². The molecule has 1 aliphatic heterocycles. The van der Waals surface area contributed by atoms with E-state index in [1.54, 1.807) is 12.1 Å². The first-order valence-corrected chi connectivity index (χ1v) is 12.7. The molecule has 0 amide bonds. The Kier molecular flexibility index (Phi) is 4.83. The van der Waals surface area contributed by atoms with Gasteiger partial charge in [0.05, 0.1) is 17.4 Å². The average Bonchev–Trinajstić information content (AvgIpc) is 3.19. The summed E-state index contributed by atoms with van der Waals surface area (Å²) in [5, 5.41) is 5.75. The van der Waals surface area contributed by atoms with Crippen molar-refractivity contribution in [2.24, 2.45) is 5.92 Å². The first-order valence-electron chi connectivity index (χ1n) is 12.7. The molecule has 5 heteroatoms. The van der Waals surface area contributed by atoms with Crippen LogP contribution in [0.5, 0.6) is 0 Å². The minimum Gasteiger partial charge on any atom is -0.370 e. The summed E-state index contributed by atoms with van der Waals surface area (Å²) in [7, 11) is 0. The van der Waals surface area contributed by atoms with Gasteiger partial charge in [0.1, 0.15) is 5.82 Å². The van der Waals surface area contributed by atoms with Crippen molar-refractivity contribution in [2.45, 2.75) is 18.3 Å². The van der Waals surface area contributed by atoms with Gasteiger partial charge in [0.15, 0.2) is 0 Å². The fraction of sp³-hybridized carbons (Fsp3) is 0.188. The zero-order valence-corrected chi connectivity index (χ0v) is 20.7. The largest absolute Gasteiger partial charge is 0.370 e. The van der Waals surface area contributed by atoms with E-state index in [-0.39, 0.29) is 11.2 Å². The predicted octanol–water partition coefficient (Wildman–Crippen LogP) is 6.51. The molecule has 2 aromatic heterocycles. The molecule has 37 heavy (non-hydrogen) atoms. The minimum absolute atomic E-state index is 0.00297. The number of nitrogens with zero attached hydrogens (tertiary/aromatic N) is 4. The second kappa shape index (κ2) is 8.13. The van der Waals surface area contributed by atoms with E-state index in [0.29, 0.717) is 11.8 Å². The summed E-state index contributed by atoms with van der Waals surface area (Å²) in [6.07, 6.45) is 5.80. The van der Waals surface area contributed by atoms with Crippen LogP contribution in [-0.4, -0.2) is 32.8 Å². The monoisotopic (exact) mass is 486 g/mol. The molecule has 1 saturated carbocycles. The third-order valence-electron chi connectivity index (χ3n) is 8.40. The quantitative estimate of drug-likeness (QED) is 0.284. The van der Waals surface area contributed by atoms with E-state index >= 15 is 0 Å². The lowest BCUT2D eigenvalue weighted by molar-refractivity contribution is 0.411. The summed E-state index contributed by atoms with van der Waals surface area (Å²) in [6, 6.07) is 25.8. The molecule has 5 aromatic rings. The molecule has 182 valence electrons. The Morgan fingerprint density at radius 2 is 1.81 bits per heavy atom. The van der Waals surface area contributed by atoms with Crippen LogP contribution in [0.25, 0.3) is 22.3 Å². The molecule has 2 fully saturated rings. The fourth-order valence-electron chi connectivity index (χ4n) is 6.65. The molecule has 2 aliphatic rings. The molecule has 3 aromatic carbocycles. The van der Waals surface area contributed by atoms with Gasteiger partial charge in [0.2, 0.25) is 0 Å². The third kappa shape index (κ3) is 3.34. The van der Waals surface area contributed by atoms with Gasteiger partial charge in [-0.2, -0.15) is 5.10 Å². The number of aryl methyl sites for hydroxylation is 1. The second-order valence-electron chi connectivity index (χ2n) is 10.4. The molecular weight excluding hydrogens is 459 g/mol. The van der Waals surface area contributed by atoms with Crippen LogP contribution in [0.1, 0.15) is 28.2 Å². The van der Waals surface area contributed by atoms with Gasteiger partial charge in [-0.05, 0) is 77.6 Å². The van der Waals surface area contributed by atoms with Crippen LogP contribution >= 0.6 is 0 Å². The highest BCUT2D eigenvalue weighted by Crippen LogP contribution is 2.70. The Morgan fingerprint density at radius 1 is 1.00 bits per heavy atom. The molecule has 1 aliphatic carbocycles. The standard InChI is InChI=1S/C32H27FN4/c1-21-15-30-25(18-35-37(30)27-12-10-26(33)11-13-27)16-28(21)32-20-36(22(2)23-7-4-3-5-8-23)19-29(32)31(32)24-9-6-14-34-17-24/h3-18,29,31H,2,19-20H2,1H3/t29-,31-,32+/m1/s1. The fourth-order valence-corrected chi connectivity index (χ4v) is 6.65. The lowest BCUT2D eigenvalue weighted by Gasteiger charge is -2.28. The normalized spacial score (nSPS) is 22.3. The molecule has 0 N–H and O–H groups in total. The Labute approximate surface area is 215 Å². The van der Waals surface area contributed by atoms with Crippen LogP contribution in [0.4, 0.5) is 4.39 Å². The van der Waals surface area contributed by atoms with E-state index in [1.807, 2.05) is 35.4 Å². The molecule has 0 bridgehead atoms. The summed E-state index contributed by atoms with van der Waals surface area (Å²) in [5.74, 6) is 0.659. The molecule has 1 saturated heterocycles. The Morgan fingerprint density at radius 3 is 2.57 bits per heavy atom. The number of rotatable bonds is 5. The molecule has 0 radical (unpaired) electrons. The lowest BCUT2D eigenvalue weighted by Crippen LogP contribution is -2.28.